The molecule has 0 fully saturated rings. The maximum atomic E-state index is 11.9. The van der Waals surface area contributed by atoms with Crippen molar-refractivity contribution in [1.29, 1.82) is 0 Å². The van der Waals surface area contributed by atoms with E-state index in [1.807, 2.05) is 0 Å². The van der Waals surface area contributed by atoms with Crippen LogP contribution < -0.4 is 5.32 Å². The number of nitro groups is 1. The topological polar surface area (TPSA) is 85.4 Å². The van der Waals surface area contributed by atoms with Gasteiger partial charge in [0.2, 0.25) is 0 Å². The van der Waals surface area contributed by atoms with Crippen LogP contribution in [0.5, 0.6) is 0 Å². The third kappa shape index (κ3) is 2.12. The Hall–Kier alpha value is -2.41. The summed E-state index contributed by atoms with van der Waals surface area (Å²) in [6, 6.07) is 7.64. The first-order valence-electron chi connectivity index (χ1n) is 5.62. The molecule has 6 nitrogen and oxygen atoms in total. The Bertz CT molecular complexity index is 763. The van der Waals surface area contributed by atoms with Crippen molar-refractivity contribution in [3.63, 3.8) is 0 Å². The van der Waals surface area contributed by atoms with Gasteiger partial charge in [0.15, 0.2) is 4.67 Å². The molecule has 100 valence electrons. The number of carbonyl (C=O) groups is 1. The molecule has 1 aromatic heterocycles. The number of anilines is 1. The van der Waals surface area contributed by atoms with E-state index < -0.39 is 4.92 Å². The normalized spacial score (nSPS) is 15.2. The molecule has 1 amide bonds. The van der Waals surface area contributed by atoms with Gasteiger partial charge in [-0.05, 0) is 40.2 Å². The molecule has 0 atom stereocenters. The van der Waals surface area contributed by atoms with Crippen molar-refractivity contribution in [2.45, 2.75) is 0 Å². The molecule has 0 saturated carbocycles. The lowest BCUT2D eigenvalue weighted by molar-refractivity contribution is -0.384. The van der Waals surface area contributed by atoms with Crippen molar-refractivity contribution in [3.05, 3.63) is 56.4 Å². The second kappa shape index (κ2) is 4.61. The summed E-state index contributed by atoms with van der Waals surface area (Å²) in [6.07, 6.45) is 1.55. The van der Waals surface area contributed by atoms with Gasteiger partial charge >= 0.3 is 0 Å². The molecule has 0 radical (unpaired) electrons. The molecule has 1 aliphatic heterocycles. The maximum Gasteiger partial charge on any atom is 0.270 e. The van der Waals surface area contributed by atoms with Gasteiger partial charge < -0.3 is 9.73 Å². The number of halogens is 1. The Kier molecular flexibility index (Phi) is 2.90. The fourth-order valence-corrected chi connectivity index (χ4v) is 2.30. The van der Waals surface area contributed by atoms with Gasteiger partial charge in [-0.15, -0.1) is 0 Å². The Morgan fingerprint density at radius 2 is 2.10 bits per heavy atom. The van der Waals surface area contributed by atoms with Crippen LogP contribution in [0.1, 0.15) is 11.3 Å². The minimum Gasteiger partial charge on any atom is -0.450 e. The van der Waals surface area contributed by atoms with Crippen LogP contribution in [0.25, 0.3) is 11.6 Å². The zero-order chi connectivity index (χ0) is 14.3. The van der Waals surface area contributed by atoms with Crippen molar-refractivity contribution in [1.82, 2.24) is 0 Å². The van der Waals surface area contributed by atoms with Gasteiger partial charge in [-0.1, -0.05) is 0 Å². The first-order valence-corrected chi connectivity index (χ1v) is 6.41. The first kappa shape index (κ1) is 12.6. The van der Waals surface area contributed by atoms with E-state index in [1.165, 1.54) is 18.2 Å². The van der Waals surface area contributed by atoms with Crippen molar-refractivity contribution < 1.29 is 14.1 Å². The number of furan rings is 1. The van der Waals surface area contributed by atoms with Crippen molar-refractivity contribution in [3.8, 4) is 0 Å². The molecule has 3 rings (SSSR count). The average Bonchev–Trinajstić information content (AvgIpc) is 2.94. The molecule has 0 spiro atoms. The highest BCUT2D eigenvalue weighted by molar-refractivity contribution is 9.10. The SMILES string of the molecule is O=C1Nc2ccc([N+](=O)[O-])cc2/C1=C\c1ccc(Br)o1. The molecular weight excluding hydrogens is 328 g/mol. The van der Waals surface area contributed by atoms with Crippen molar-refractivity contribution in [2.75, 3.05) is 5.32 Å². The predicted molar refractivity (Wildman–Crippen MR) is 76.0 cm³/mol. The van der Waals surface area contributed by atoms with Gasteiger partial charge in [-0.3, -0.25) is 14.9 Å². The van der Waals surface area contributed by atoms with Gasteiger partial charge in [-0.2, -0.15) is 0 Å². The molecule has 1 aliphatic rings. The lowest BCUT2D eigenvalue weighted by Crippen LogP contribution is -2.03. The van der Waals surface area contributed by atoms with E-state index >= 15 is 0 Å². The number of nitro benzene ring substituents is 1. The number of hydrogen-bond donors (Lipinski definition) is 1. The van der Waals surface area contributed by atoms with Gasteiger partial charge in [0.1, 0.15) is 5.76 Å². The summed E-state index contributed by atoms with van der Waals surface area (Å²) in [4.78, 5) is 22.2. The summed E-state index contributed by atoms with van der Waals surface area (Å²) in [6.45, 7) is 0. The maximum absolute atomic E-state index is 11.9. The highest BCUT2D eigenvalue weighted by atomic mass is 79.9. The third-order valence-corrected chi connectivity index (χ3v) is 3.30. The number of nitrogens with one attached hydrogen (secondary N) is 1. The summed E-state index contributed by atoms with van der Waals surface area (Å²) in [7, 11) is 0. The Morgan fingerprint density at radius 1 is 1.30 bits per heavy atom. The smallest absolute Gasteiger partial charge is 0.270 e. The Morgan fingerprint density at radius 3 is 2.75 bits per heavy atom. The number of benzene rings is 1. The molecule has 1 aromatic carbocycles. The molecule has 2 heterocycles. The molecule has 20 heavy (non-hydrogen) atoms. The van der Waals surface area contributed by atoms with Gasteiger partial charge in [0.25, 0.3) is 11.6 Å². The Balaban J connectivity index is 2.10. The van der Waals surface area contributed by atoms with Crippen molar-refractivity contribution >= 4 is 44.9 Å². The second-order valence-electron chi connectivity index (χ2n) is 4.14. The van der Waals surface area contributed by atoms with E-state index in [0.717, 1.165) is 0 Å². The number of amides is 1. The number of rotatable bonds is 2. The molecule has 0 aliphatic carbocycles. The molecule has 0 saturated heterocycles. The van der Waals surface area contributed by atoms with E-state index in [0.29, 0.717) is 27.3 Å². The molecule has 1 N–H and O–H groups in total. The summed E-state index contributed by atoms with van der Waals surface area (Å²) >= 11 is 3.17. The fraction of sp³-hybridized carbons (Fsp3) is 0. The zero-order valence-corrected chi connectivity index (χ0v) is 11.5. The molecule has 2 aromatic rings. The van der Waals surface area contributed by atoms with Crippen LogP contribution in [0.2, 0.25) is 0 Å². The minimum absolute atomic E-state index is 0.0632. The predicted octanol–water partition coefficient (Wildman–Crippen LogP) is 3.44. The molecular formula is C13H7BrN2O4. The monoisotopic (exact) mass is 334 g/mol. The summed E-state index contributed by atoms with van der Waals surface area (Å²) in [5, 5.41) is 13.5. The number of hydrogen-bond acceptors (Lipinski definition) is 4. The van der Waals surface area contributed by atoms with Crippen LogP contribution in [-0.4, -0.2) is 10.8 Å². The summed E-state index contributed by atoms with van der Waals surface area (Å²) < 4.78 is 5.86. The summed E-state index contributed by atoms with van der Waals surface area (Å²) in [5.74, 6) is 0.175. The van der Waals surface area contributed by atoms with Crippen LogP contribution >= 0.6 is 15.9 Å². The summed E-state index contributed by atoms with van der Waals surface area (Å²) in [5.41, 5.74) is 1.33. The van der Waals surface area contributed by atoms with E-state index in [2.05, 4.69) is 21.2 Å². The number of nitrogens with zero attached hydrogens (tertiary/aromatic N) is 1. The number of carbonyl (C=O) groups excluding carboxylic acids is 1. The quantitative estimate of drug-likeness (QED) is 0.517. The lowest BCUT2D eigenvalue weighted by atomic mass is 10.1. The highest BCUT2D eigenvalue weighted by Gasteiger charge is 2.26. The number of non-ortho nitro benzene ring substituents is 1. The van der Waals surface area contributed by atoms with E-state index in [-0.39, 0.29) is 11.6 Å². The zero-order valence-electron chi connectivity index (χ0n) is 9.92. The van der Waals surface area contributed by atoms with Crippen LogP contribution in [0.4, 0.5) is 11.4 Å². The van der Waals surface area contributed by atoms with E-state index in [4.69, 9.17) is 4.42 Å². The van der Waals surface area contributed by atoms with Crippen LogP contribution in [0.15, 0.2) is 39.4 Å². The third-order valence-electron chi connectivity index (χ3n) is 2.88. The standard InChI is InChI=1S/C13H7BrN2O4/c14-12-4-2-8(20-12)6-10-9-5-7(16(18)19)1-3-11(9)15-13(10)17/h1-6H,(H,15,17)/b10-6+. The largest absolute Gasteiger partial charge is 0.450 e. The van der Waals surface area contributed by atoms with Gasteiger partial charge in [-0.25, -0.2) is 0 Å². The van der Waals surface area contributed by atoms with E-state index in [1.54, 1.807) is 18.2 Å². The highest BCUT2D eigenvalue weighted by Crippen LogP contribution is 2.35. The fourth-order valence-electron chi connectivity index (χ4n) is 1.98. The molecule has 0 bridgehead atoms. The van der Waals surface area contributed by atoms with Gasteiger partial charge in [0.05, 0.1) is 10.5 Å². The van der Waals surface area contributed by atoms with E-state index in [9.17, 15) is 14.9 Å². The van der Waals surface area contributed by atoms with Crippen LogP contribution in [0, 0.1) is 10.1 Å². The van der Waals surface area contributed by atoms with Crippen LogP contribution in [-0.2, 0) is 4.79 Å². The molecule has 7 heteroatoms. The van der Waals surface area contributed by atoms with Crippen molar-refractivity contribution in [2.24, 2.45) is 0 Å². The first-order chi connectivity index (χ1) is 9.54. The Labute approximate surface area is 121 Å². The lowest BCUT2D eigenvalue weighted by Gasteiger charge is -1.98. The minimum atomic E-state index is -0.496. The van der Waals surface area contributed by atoms with Crippen LogP contribution in [0.3, 0.4) is 0 Å². The average molecular weight is 335 g/mol. The second-order valence-corrected chi connectivity index (χ2v) is 4.92. The van der Waals surface area contributed by atoms with Gasteiger partial charge in [0, 0.05) is 23.4 Å². The molecule has 0 unspecified atom stereocenters. The number of fused-ring (bicyclic) bond motifs is 1.